The number of aromatic amines is 1. The fourth-order valence-corrected chi connectivity index (χ4v) is 1.36. The minimum absolute atomic E-state index is 0.444. The summed E-state index contributed by atoms with van der Waals surface area (Å²) in [5.41, 5.74) is 1.09. The zero-order valence-corrected chi connectivity index (χ0v) is 8.72. The van der Waals surface area contributed by atoms with Crippen LogP contribution in [-0.2, 0) is 6.54 Å². The summed E-state index contributed by atoms with van der Waals surface area (Å²) >= 11 is 10.7. The summed E-state index contributed by atoms with van der Waals surface area (Å²) in [4.78, 5) is 0. The standard InChI is InChI=1S/C8H7ClN4S/c9-7-3-1-6(2-4-7)5-13-8(14)10-11-12-13/h1-4H,5H2,(H,10,12,14). The first-order valence-corrected chi connectivity index (χ1v) is 4.76. The van der Waals surface area contributed by atoms with Crippen molar-refractivity contribution in [3.05, 3.63) is 39.6 Å². The van der Waals surface area contributed by atoms with Crippen LogP contribution in [0.25, 0.3) is 0 Å². The Morgan fingerprint density at radius 2 is 2.07 bits per heavy atom. The highest BCUT2D eigenvalue weighted by Gasteiger charge is 1.97. The molecule has 1 N–H and O–H groups in total. The Kier molecular flexibility index (Phi) is 2.60. The molecular formula is C8H7ClN4S. The van der Waals surface area contributed by atoms with Crippen molar-refractivity contribution in [2.24, 2.45) is 0 Å². The second kappa shape index (κ2) is 3.89. The molecule has 0 aliphatic rings. The van der Waals surface area contributed by atoms with Crippen molar-refractivity contribution >= 4 is 23.8 Å². The smallest absolute Gasteiger partial charge is 0.238 e. The highest BCUT2D eigenvalue weighted by atomic mass is 35.5. The van der Waals surface area contributed by atoms with Crippen LogP contribution in [0.4, 0.5) is 0 Å². The fraction of sp³-hybridized carbons (Fsp3) is 0.125. The van der Waals surface area contributed by atoms with Gasteiger partial charge in [0.25, 0.3) is 0 Å². The van der Waals surface area contributed by atoms with Gasteiger partial charge in [-0.15, -0.1) is 0 Å². The van der Waals surface area contributed by atoms with Gasteiger partial charge in [-0.3, -0.25) is 0 Å². The number of hydrogen-bond acceptors (Lipinski definition) is 3. The van der Waals surface area contributed by atoms with Gasteiger partial charge in [-0.05, 0) is 29.9 Å². The number of tetrazole rings is 1. The Morgan fingerprint density at radius 3 is 2.64 bits per heavy atom. The van der Waals surface area contributed by atoms with Gasteiger partial charge in [-0.2, -0.15) is 5.21 Å². The van der Waals surface area contributed by atoms with E-state index < -0.39 is 0 Å². The molecule has 6 heteroatoms. The van der Waals surface area contributed by atoms with E-state index in [2.05, 4.69) is 15.5 Å². The molecule has 0 amide bonds. The molecule has 0 fully saturated rings. The van der Waals surface area contributed by atoms with E-state index in [1.165, 1.54) is 0 Å². The molecule has 4 nitrogen and oxygen atoms in total. The average molecular weight is 227 g/mol. The molecule has 1 aromatic heterocycles. The van der Waals surface area contributed by atoms with E-state index in [1.807, 2.05) is 24.3 Å². The number of nitrogens with one attached hydrogen (secondary N) is 1. The Balaban J connectivity index is 2.23. The van der Waals surface area contributed by atoms with Crippen LogP contribution in [0, 0.1) is 4.77 Å². The molecule has 0 saturated heterocycles. The first-order valence-electron chi connectivity index (χ1n) is 3.98. The van der Waals surface area contributed by atoms with E-state index in [0.717, 1.165) is 10.6 Å². The molecule has 0 aliphatic heterocycles. The average Bonchev–Trinajstić information content (AvgIpc) is 2.56. The Bertz CT molecular complexity index is 473. The van der Waals surface area contributed by atoms with Gasteiger partial charge in [0.1, 0.15) is 0 Å². The van der Waals surface area contributed by atoms with Crippen molar-refractivity contribution in [3.8, 4) is 0 Å². The lowest BCUT2D eigenvalue weighted by Gasteiger charge is -2.00. The number of halogens is 1. The lowest BCUT2D eigenvalue weighted by atomic mass is 10.2. The number of aromatic nitrogens is 4. The minimum atomic E-state index is 0.444. The SMILES string of the molecule is S=c1nn[nH]n1Cc1ccc(Cl)cc1. The highest BCUT2D eigenvalue weighted by molar-refractivity contribution is 7.71. The maximum Gasteiger partial charge on any atom is 0.238 e. The highest BCUT2D eigenvalue weighted by Crippen LogP contribution is 2.10. The van der Waals surface area contributed by atoms with Crippen LogP contribution in [0.5, 0.6) is 0 Å². The number of rotatable bonds is 2. The maximum absolute atomic E-state index is 5.76. The Labute approximate surface area is 90.5 Å². The summed E-state index contributed by atoms with van der Waals surface area (Å²) in [5.74, 6) is 0. The molecule has 2 rings (SSSR count). The van der Waals surface area contributed by atoms with Gasteiger partial charge in [0.05, 0.1) is 6.54 Å². The first-order chi connectivity index (χ1) is 6.75. The molecule has 2 aromatic rings. The second-order valence-electron chi connectivity index (χ2n) is 2.80. The van der Waals surface area contributed by atoms with E-state index in [-0.39, 0.29) is 0 Å². The molecular weight excluding hydrogens is 220 g/mol. The normalized spacial score (nSPS) is 10.4. The third-order valence-corrected chi connectivity index (χ3v) is 2.34. The number of hydrogen-bond donors (Lipinski definition) is 1. The summed E-state index contributed by atoms with van der Waals surface area (Å²) in [6.07, 6.45) is 0. The van der Waals surface area contributed by atoms with Crippen LogP contribution < -0.4 is 0 Å². The largest absolute Gasteiger partial charge is 0.238 e. The summed E-state index contributed by atoms with van der Waals surface area (Å²) in [7, 11) is 0. The Hall–Kier alpha value is -1.20. The predicted molar refractivity (Wildman–Crippen MR) is 55.8 cm³/mol. The summed E-state index contributed by atoms with van der Waals surface area (Å²) in [6, 6.07) is 7.55. The molecule has 72 valence electrons. The van der Waals surface area contributed by atoms with Gasteiger partial charge in [0.2, 0.25) is 4.77 Å². The molecule has 0 bridgehead atoms. The summed E-state index contributed by atoms with van der Waals surface area (Å²) in [6.45, 7) is 0.628. The summed E-state index contributed by atoms with van der Waals surface area (Å²) < 4.78 is 2.12. The van der Waals surface area contributed by atoms with E-state index in [4.69, 9.17) is 23.8 Å². The van der Waals surface area contributed by atoms with Crippen LogP contribution in [-0.4, -0.2) is 20.2 Å². The molecule has 1 heterocycles. The third kappa shape index (κ3) is 2.00. The van der Waals surface area contributed by atoms with Crippen molar-refractivity contribution in [3.63, 3.8) is 0 Å². The van der Waals surface area contributed by atoms with Gasteiger partial charge >= 0.3 is 0 Å². The monoisotopic (exact) mass is 226 g/mol. The topological polar surface area (TPSA) is 46.5 Å². The van der Waals surface area contributed by atoms with Crippen molar-refractivity contribution < 1.29 is 0 Å². The van der Waals surface area contributed by atoms with Crippen molar-refractivity contribution in [2.45, 2.75) is 6.54 Å². The van der Waals surface area contributed by atoms with Gasteiger partial charge in [0, 0.05) is 5.02 Å². The van der Waals surface area contributed by atoms with Crippen LogP contribution >= 0.6 is 23.8 Å². The van der Waals surface area contributed by atoms with E-state index in [9.17, 15) is 0 Å². The van der Waals surface area contributed by atoms with Crippen LogP contribution in [0.15, 0.2) is 24.3 Å². The molecule has 0 unspecified atom stereocenters. The van der Waals surface area contributed by atoms with Crippen molar-refractivity contribution in [2.75, 3.05) is 0 Å². The van der Waals surface area contributed by atoms with E-state index >= 15 is 0 Å². The molecule has 0 atom stereocenters. The van der Waals surface area contributed by atoms with Gasteiger partial charge in [-0.1, -0.05) is 34.0 Å². The molecule has 14 heavy (non-hydrogen) atoms. The van der Waals surface area contributed by atoms with Crippen molar-refractivity contribution in [1.82, 2.24) is 20.2 Å². The zero-order valence-electron chi connectivity index (χ0n) is 7.14. The number of nitrogens with zero attached hydrogens (tertiary/aromatic N) is 3. The lowest BCUT2D eigenvalue weighted by molar-refractivity contribution is 0.642. The lowest BCUT2D eigenvalue weighted by Crippen LogP contribution is -2.01. The van der Waals surface area contributed by atoms with Crippen LogP contribution in [0.2, 0.25) is 5.02 Å². The Morgan fingerprint density at radius 1 is 1.36 bits per heavy atom. The third-order valence-electron chi connectivity index (χ3n) is 1.79. The minimum Gasteiger partial charge on any atom is -0.238 e. The van der Waals surface area contributed by atoms with Crippen LogP contribution in [0.1, 0.15) is 5.56 Å². The van der Waals surface area contributed by atoms with Gasteiger partial charge in [0.15, 0.2) is 0 Å². The molecule has 0 radical (unpaired) electrons. The molecule has 0 saturated carbocycles. The fourth-order valence-electron chi connectivity index (χ4n) is 1.09. The molecule has 0 spiro atoms. The predicted octanol–water partition coefficient (Wildman–Crippen LogP) is 2.04. The van der Waals surface area contributed by atoms with Crippen LogP contribution in [0.3, 0.4) is 0 Å². The molecule has 1 aromatic carbocycles. The van der Waals surface area contributed by atoms with Gasteiger partial charge < -0.3 is 0 Å². The van der Waals surface area contributed by atoms with E-state index in [1.54, 1.807) is 4.68 Å². The number of H-pyrrole nitrogens is 1. The first kappa shape index (κ1) is 9.36. The molecule has 0 aliphatic carbocycles. The van der Waals surface area contributed by atoms with Crippen molar-refractivity contribution in [1.29, 1.82) is 0 Å². The van der Waals surface area contributed by atoms with Gasteiger partial charge in [-0.25, -0.2) is 4.68 Å². The second-order valence-corrected chi connectivity index (χ2v) is 3.60. The zero-order chi connectivity index (χ0) is 9.97. The number of benzene rings is 1. The van der Waals surface area contributed by atoms with E-state index in [0.29, 0.717) is 11.3 Å². The quantitative estimate of drug-likeness (QED) is 0.798. The summed E-state index contributed by atoms with van der Waals surface area (Å²) in [5, 5.41) is 10.7. The maximum atomic E-state index is 5.76.